The van der Waals surface area contributed by atoms with Crippen molar-refractivity contribution in [3.63, 3.8) is 0 Å². The predicted molar refractivity (Wildman–Crippen MR) is 146 cm³/mol. The summed E-state index contributed by atoms with van der Waals surface area (Å²) in [5.74, 6) is 0. The molecule has 0 N–H and O–H groups in total. The lowest BCUT2D eigenvalue weighted by atomic mass is 10.1. The molecule has 0 unspecified atom stereocenters. The van der Waals surface area contributed by atoms with E-state index in [-0.39, 0.29) is 0 Å². The van der Waals surface area contributed by atoms with Crippen LogP contribution in [0, 0.1) is 0 Å². The molecule has 0 saturated carbocycles. The molecule has 35 heavy (non-hydrogen) atoms. The van der Waals surface area contributed by atoms with Crippen molar-refractivity contribution in [1.29, 1.82) is 0 Å². The van der Waals surface area contributed by atoms with E-state index in [0.29, 0.717) is 12.8 Å². The van der Waals surface area contributed by atoms with Gasteiger partial charge in [-0.05, 0) is 28.5 Å². The smallest absolute Gasteiger partial charge is 0.377 e. The largest absolute Gasteiger partial charge is 0.506 e. The van der Waals surface area contributed by atoms with Gasteiger partial charge in [-0.1, -0.05) is 103 Å². The van der Waals surface area contributed by atoms with Crippen LogP contribution in [-0.2, 0) is 19.3 Å². The van der Waals surface area contributed by atoms with Gasteiger partial charge in [-0.15, -0.1) is 0 Å². The maximum atomic E-state index is 6.62. The first-order valence-corrected chi connectivity index (χ1v) is 13.7. The highest BCUT2D eigenvalue weighted by Gasteiger charge is 2.40. The zero-order valence-corrected chi connectivity index (χ0v) is 21.1. The van der Waals surface area contributed by atoms with Crippen molar-refractivity contribution < 1.29 is 13.3 Å². The van der Waals surface area contributed by atoms with Crippen LogP contribution in [0.1, 0.15) is 5.56 Å². The molecule has 0 aromatic heterocycles. The lowest BCUT2D eigenvalue weighted by molar-refractivity contribution is 0.1000. The minimum Gasteiger partial charge on any atom is -0.377 e. The summed E-state index contributed by atoms with van der Waals surface area (Å²) < 4.78 is 18.5. The van der Waals surface area contributed by atoms with Crippen LogP contribution >= 0.6 is 0 Å². The predicted octanol–water partition coefficient (Wildman–Crippen LogP) is 7.12. The summed E-state index contributed by atoms with van der Waals surface area (Å²) in [6, 6.07) is 40.5. The Bertz CT molecular complexity index is 1330. The Hall–Kier alpha value is -3.48. The summed E-state index contributed by atoms with van der Waals surface area (Å²) in [7, 11) is 0.369. The van der Waals surface area contributed by atoms with E-state index in [1.165, 1.54) is 10.8 Å². The number of anilines is 2. The fourth-order valence-electron chi connectivity index (χ4n) is 4.56. The summed E-state index contributed by atoms with van der Waals surface area (Å²) in [6.07, 6.45) is 0. The van der Waals surface area contributed by atoms with Crippen LogP contribution in [0.5, 0.6) is 0 Å². The highest BCUT2D eigenvalue weighted by atomic mass is 28.4. The lowest BCUT2D eigenvalue weighted by Gasteiger charge is -2.33. The molecule has 5 aromatic rings. The topological polar surface area (TPSA) is 30.9 Å². The SMILES string of the molecule is CO[Si](Cc1ccccc1)(OC)OCN(c1cccc2ccccc12)c1cccc2ccccc12. The van der Waals surface area contributed by atoms with Crippen molar-refractivity contribution in [2.75, 3.05) is 25.9 Å². The zero-order valence-electron chi connectivity index (χ0n) is 20.1. The molecule has 0 radical (unpaired) electrons. The average molecular weight is 480 g/mol. The molecule has 0 spiro atoms. The van der Waals surface area contributed by atoms with Gasteiger partial charge in [-0.3, -0.25) is 0 Å². The third kappa shape index (κ3) is 4.85. The van der Waals surface area contributed by atoms with Gasteiger partial charge in [-0.2, -0.15) is 0 Å². The molecule has 5 rings (SSSR count). The van der Waals surface area contributed by atoms with Crippen LogP contribution in [0.3, 0.4) is 0 Å². The van der Waals surface area contributed by atoms with Crippen LogP contribution in [0.15, 0.2) is 115 Å². The third-order valence-electron chi connectivity index (χ3n) is 6.41. The fraction of sp³-hybridized carbons (Fsp3) is 0.133. The van der Waals surface area contributed by atoms with Crippen LogP contribution in [0.4, 0.5) is 11.4 Å². The summed E-state index contributed by atoms with van der Waals surface area (Å²) >= 11 is 0. The number of hydrogen-bond donors (Lipinski definition) is 0. The van der Waals surface area contributed by atoms with Crippen molar-refractivity contribution in [2.45, 2.75) is 6.04 Å². The molecule has 0 atom stereocenters. The van der Waals surface area contributed by atoms with Crippen molar-refractivity contribution >= 4 is 41.7 Å². The van der Waals surface area contributed by atoms with Crippen molar-refractivity contribution in [1.82, 2.24) is 0 Å². The second kappa shape index (κ2) is 10.4. The van der Waals surface area contributed by atoms with E-state index in [9.17, 15) is 0 Å². The number of rotatable bonds is 9. The van der Waals surface area contributed by atoms with Gasteiger partial charge in [0, 0.05) is 31.0 Å². The van der Waals surface area contributed by atoms with Gasteiger partial charge in [-0.25, -0.2) is 0 Å². The molecule has 0 bridgehead atoms. The number of nitrogens with zero attached hydrogens (tertiary/aromatic N) is 1. The van der Waals surface area contributed by atoms with Gasteiger partial charge in [0.1, 0.15) is 6.73 Å². The van der Waals surface area contributed by atoms with Crippen LogP contribution in [0.2, 0.25) is 0 Å². The molecule has 0 aliphatic rings. The minimum absolute atomic E-state index is 0.294. The molecule has 0 saturated heterocycles. The molecule has 0 aliphatic heterocycles. The molecule has 0 aliphatic carbocycles. The van der Waals surface area contributed by atoms with Crippen LogP contribution in [0.25, 0.3) is 21.5 Å². The van der Waals surface area contributed by atoms with Gasteiger partial charge < -0.3 is 18.2 Å². The van der Waals surface area contributed by atoms with E-state index in [4.69, 9.17) is 13.3 Å². The van der Waals surface area contributed by atoms with Crippen LogP contribution in [-0.4, -0.2) is 29.8 Å². The Morgan fingerprint density at radius 1 is 0.571 bits per heavy atom. The zero-order chi connectivity index (χ0) is 24.1. The van der Waals surface area contributed by atoms with E-state index in [0.717, 1.165) is 27.7 Å². The Balaban J connectivity index is 1.59. The van der Waals surface area contributed by atoms with Gasteiger partial charge >= 0.3 is 8.80 Å². The molecule has 0 heterocycles. The van der Waals surface area contributed by atoms with Gasteiger partial charge in [0.2, 0.25) is 0 Å². The molecular weight excluding hydrogens is 450 g/mol. The van der Waals surface area contributed by atoms with E-state index in [1.807, 2.05) is 18.2 Å². The Kier molecular flexibility index (Phi) is 6.93. The minimum atomic E-state index is -2.99. The van der Waals surface area contributed by atoms with E-state index >= 15 is 0 Å². The molecule has 0 amide bonds. The second-order valence-electron chi connectivity index (χ2n) is 8.45. The number of hydrogen-bond acceptors (Lipinski definition) is 4. The van der Waals surface area contributed by atoms with Crippen LogP contribution < -0.4 is 4.90 Å². The first-order chi connectivity index (χ1) is 17.2. The Morgan fingerprint density at radius 2 is 1.06 bits per heavy atom. The standard InChI is InChI=1S/C30H29NO3Si/c1-32-35(33-2,22-24-12-4-3-5-13-24)34-23-31(29-20-10-16-25-14-6-8-18-27(25)29)30-21-11-17-26-15-7-9-19-28(26)30/h3-21H,22-23H2,1-2H3. The number of fused-ring (bicyclic) bond motifs is 2. The normalized spacial score (nSPS) is 11.7. The average Bonchev–Trinajstić information content (AvgIpc) is 2.93. The summed E-state index contributed by atoms with van der Waals surface area (Å²) in [5.41, 5.74) is 3.29. The first-order valence-electron chi connectivity index (χ1n) is 11.7. The highest BCUT2D eigenvalue weighted by Crippen LogP contribution is 2.36. The van der Waals surface area contributed by atoms with Gasteiger partial charge in [0.25, 0.3) is 0 Å². The maximum absolute atomic E-state index is 6.62. The van der Waals surface area contributed by atoms with E-state index in [1.54, 1.807) is 14.2 Å². The lowest BCUT2D eigenvalue weighted by Crippen LogP contribution is -2.48. The first kappa shape index (κ1) is 23.3. The van der Waals surface area contributed by atoms with Crippen molar-refractivity contribution in [2.24, 2.45) is 0 Å². The molecule has 5 heteroatoms. The Morgan fingerprint density at radius 3 is 1.60 bits per heavy atom. The molecular formula is C30H29NO3Si. The van der Waals surface area contributed by atoms with E-state index < -0.39 is 8.80 Å². The molecule has 0 fully saturated rings. The Labute approximate surface area is 207 Å². The summed E-state index contributed by atoms with van der Waals surface area (Å²) in [6.45, 7) is 0.294. The maximum Gasteiger partial charge on any atom is 0.506 e. The van der Waals surface area contributed by atoms with Crippen molar-refractivity contribution in [3.8, 4) is 0 Å². The van der Waals surface area contributed by atoms with Gasteiger partial charge in [0.15, 0.2) is 0 Å². The van der Waals surface area contributed by atoms with Gasteiger partial charge in [0.05, 0.1) is 11.4 Å². The quantitative estimate of drug-likeness (QED) is 0.166. The number of benzene rings is 5. The highest BCUT2D eigenvalue weighted by molar-refractivity contribution is 6.60. The summed E-state index contributed by atoms with van der Waals surface area (Å²) in [5, 5.41) is 4.69. The summed E-state index contributed by atoms with van der Waals surface area (Å²) in [4.78, 5) is 2.23. The molecule has 176 valence electrons. The monoisotopic (exact) mass is 479 g/mol. The fourth-order valence-corrected chi connectivity index (χ4v) is 6.42. The molecule has 5 aromatic carbocycles. The van der Waals surface area contributed by atoms with E-state index in [2.05, 4.69) is 102 Å². The second-order valence-corrected chi connectivity index (χ2v) is 11.3. The van der Waals surface area contributed by atoms with Crippen molar-refractivity contribution in [3.05, 3.63) is 121 Å². The third-order valence-corrected chi connectivity index (χ3v) is 9.07. The molecule has 4 nitrogen and oxygen atoms in total.